The average molecular weight is 283 g/mol. The van der Waals surface area contributed by atoms with E-state index in [1.807, 2.05) is 0 Å². The highest BCUT2D eigenvalue weighted by atomic mass is 16.5. The summed E-state index contributed by atoms with van der Waals surface area (Å²) in [5.41, 5.74) is 2.53. The summed E-state index contributed by atoms with van der Waals surface area (Å²) < 4.78 is 5.97. The van der Waals surface area contributed by atoms with E-state index in [0.29, 0.717) is 6.61 Å². The first-order valence-electron chi connectivity index (χ1n) is 7.70. The van der Waals surface area contributed by atoms with Crippen molar-refractivity contribution in [2.75, 3.05) is 13.2 Å². The SMILES string of the molecule is CCCNCc1c(OCC=C(C)C)ccc2ccccc12. The Balaban J connectivity index is 2.29. The van der Waals surface area contributed by atoms with Crippen molar-refractivity contribution in [3.05, 3.63) is 53.6 Å². The molecule has 2 aromatic rings. The Morgan fingerprint density at radius 2 is 1.95 bits per heavy atom. The molecule has 2 aromatic carbocycles. The third-order valence-electron chi connectivity index (χ3n) is 3.46. The molecule has 0 unspecified atom stereocenters. The Labute approximate surface area is 127 Å². The fourth-order valence-corrected chi connectivity index (χ4v) is 2.32. The Morgan fingerprint density at radius 1 is 1.14 bits per heavy atom. The Hall–Kier alpha value is -1.80. The molecule has 21 heavy (non-hydrogen) atoms. The zero-order valence-electron chi connectivity index (χ0n) is 13.3. The molecule has 2 heteroatoms. The van der Waals surface area contributed by atoms with Crippen LogP contribution in [0.1, 0.15) is 32.8 Å². The summed E-state index contributed by atoms with van der Waals surface area (Å²) in [5, 5.41) is 6.03. The lowest BCUT2D eigenvalue weighted by Gasteiger charge is -2.14. The van der Waals surface area contributed by atoms with Crippen molar-refractivity contribution in [1.29, 1.82) is 0 Å². The van der Waals surface area contributed by atoms with Crippen LogP contribution in [0, 0.1) is 0 Å². The first-order chi connectivity index (χ1) is 10.2. The molecule has 0 saturated carbocycles. The second kappa shape index (κ2) is 7.84. The monoisotopic (exact) mass is 283 g/mol. The van der Waals surface area contributed by atoms with Gasteiger partial charge in [0, 0.05) is 12.1 Å². The maximum Gasteiger partial charge on any atom is 0.124 e. The molecule has 0 aliphatic rings. The minimum absolute atomic E-state index is 0.626. The zero-order chi connectivity index (χ0) is 15.1. The van der Waals surface area contributed by atoms with Crippen molar-refractivity contribution in [2.24, 2.45) is 0 Å². The van der Waals surface area contributed by atoms with Crippen LogP contribution in [0.2, 0.25) is 0 Å². The van der Waals surface area contributed by atoms with E-state index in [-0.39, 0.29) is 0 Å². The summed E-state index contributed by atoms with van der Waals surface area (Å²) in [6, 6.07) is 12.7. The molecular weight excluding hydrogens is 258 g/mol. The highest BCUT2D eigenvalue weighted by Crippen LogP contribution is 2.28. The fourth-order valence-electron chi connectivity index (χ4n) is 2.32. The van der Waals surface area contributed by atoms with Gasteiger partial charge in [0.05, 0.1) is 0 Å². The maximum absolute atomic E-state index is 5.97. The molecule has 0 heterocycles. The van der Waals surface area contributed by atoms with Crippen LogP contribution in [0.5, 0.6) is 5.75 Å². The molecule has 2 nitrogen and oxygen atoms in total. The quantitative estimate of drug-likeness (QED) is 0.588. The minimum atomic E-state index is 0.626. The predicted octanol–water partition coefficient (Wildman–Crippen LogP) is 4.68. The molecular formula is C19H25NO. The third kappa shape index (κ3) is 4.33. The summed E-state index contributed by atoms with van der Waals surface area (Å²) in [6.45, 7) is 8.86. The molecule has 0 aliphatic heterocycles. The highest BCUT2D eigenvalue weighted by molar-refractivity contribution is 5.87. The first-order valence-corrected chi connectivity index (χ1v) is 7.70. The van der Waals surface area contributed by atoms with E-state index in [1.165, 1.54) is 21.9 Å². The van der Waals surface area contributed by atoms with Crippen molar-refractivity contribution in [3.8, 4) is 5.75 Å². The molecule has 0 saturated heterocycles. The average Bonchev–Trinajstić information content (AvgIpc) is 2.48. The second-order valence-corrected chi connectivity index (χ2v) is 5.53. The van der Waals surface area contributed by atoms with Gasteiger partial charge in [0.1, 0.15) is 12.4 Å². The van der Waals surface area contributed by atoms with E-state index in [4.69, 9.17) is 4.74 Å². The molecule has 0 amide bonds. The van der Waals surface area contributed by atoms with Crippen molar-refractivity contribution >= 4 is 10.8 Å². The minimum Gasteiger partial charge on any atom is -0.489 e. The largest absolute Gasteiger partial charge is 0.489 e. The van der Waals surface area contributed by atoms with Crippen LogP contribution in [-0.4, -0.2) is 13.2 Å². The molecule has 0 atom stereocenters. The first kappa shape index (κ1) is 15.6. The molecule has 0 bridgehead atoms. The number of hydrogen-bond acceptors (Lipinski definition) is 2. The molecule has 112 valence electrons. The number of rotatable bonds is 7. The molecule has 0 fully saturated rings. The highest BCUT2D eigenvalue weighted by Gasteiger charge is 2.08. The summed E-state index contributed by atoms with van der Waals surface area (Å²) >= 11 is 0. The number of fused-ring (bicyclic) bond motifs is 1. The standard InChI is InChI=1S/C19H25NO/c1-4-12-20-14-18-17-8-6-5-7-16(17)9-10-19(18)21-13-11-15(2)3/h5-11,20H,4,12-14H2,1-3H3. The smallest absolute Gasteiger partial charge is 0.124 e. The van der Waals surface area contributed by atoms with Crippen LogP contribution in [0.25, 0.3) is 10.8 Å². The van der Waals surface area contributed by atoms with Crippen LogP contribution in [0.3, 0.4) is 0 Å². The number of ether oxygens (including phenoxy) is 1. The molecule has 0 aliphatic carbocycles. The second-order valence-electron chi connectivity index (χ2n) is 5.53. The van der Waals surface area contributed by atoms with Crippen molar-refractivity contribution in [1.82, 2.24) is 5.32 Å². The summed E-state index contributed by atoms with van der Waals surface area (Å²) in [4.78, 5) is 0. The van der Waals surface area contributed by atoms with Crippen molar-refractivity contribution < 1.29 is 4.74 Å². The molecule has 1 N–H and O–H groups in total. The van der Waals surface area contributed by atoms with Crippen LogP contribution in [0.15, 0.2) is 48.0 Å². The Morgan fingerprint density at radius 3 is 2.71 bits per heavy atom. The lowest BCUT2D eigenvalue weighted by atomic mass is 10.0. The van der Waals surface area contributed by atoms with E-state index in [2.05, 4.69) is 68.6 Å². The van der Waals surface area contributed by atoms with Crippen LogP contribution >= 0.6 is 0 Å². The van der Waals surface area contributed by atoms with E-state index in [9.17, 15) is 0 Å². The maximum atomic E-state index is 5.97. The summed E-state index contributed by atoms with van der Waals surface area (Å²) in [6.07, 6.45) is 3.25. The van der Waals surface area contributed by atoms with Crippen molar-refractivity contribution in [3.63, 3.8) is 0 Å². The molecule has 0 aromatic heterocycles. The summed E-state index contributed by atoms with van der Waals surface area (Å²) in [7, 11) is 0. The number of benzene rings is 2. The molecule has 0 spiro atoms. The van der Waals surface area contributed by atoms with Crippen LogP contribution in [-0.2, 0) is 6.54 Å². The van der Waals surface area contributed by atoms with Gasteiger partial charge in [-0.25, -0.2) is 0 Å². The van der Waals surface area contributed by atoms with Gasteiger partial charge < -0.3 is 10.1 Å². The third-order valence-corrected chi connectivity index (χ3v) is 3.46. The lowest BCUT2D eigenvalue weighted by Crippen LogP contribution is -2.15. The van der Waals surface area contributed by atoms with Gasteiger partial charge >= 0.3 is 0 Å². The predicted molar refractivity (Wildman–Crippen MR) is 90.9 cm³/mol. The zero-order valence-corrected chi connectivity index (χ0v) is 13.3. The lowest BCUT2D eigenvalue weighted by molar-refractivity contribution is 0.357. The normalized spacial score (nSPS) is 10.6. The Kier molecular flexibility index (Phi) is 5.82. The van der Waals surface area contributed by atoms with Gasteiger partial charge in [-0.15, -0.1) is 0 Å². The number of nitrogens with one attached hydrogen (secondary N) is 1. The van der Waals surface area contributed by atoms with Gasteiger partial charge in [-0.3, -0.25) is 0 Å². The number of hydrogen-bond donors (Lipinski definition) is 1. The van der Waals surface area contributed by atoms with Gasteiger partial charge in [0.25, 0.3) is 0 Å². The summed E-state index contributed by atoms with van der Waals surface area (Å²) in [5.74, 6) is 0.981. The molecule has 0 radical (unpaired) electrons. The van der Waals surface area contributed by atoms with Gasteiger partial charge in [-0.2, -0.15) is 0 Å². The van der Waals surface area contributed by atoms with Gasteiger partial charge in [-0.1, -0.05) is 42.8 Å². The van der Waals surface area contributed by atoms with E-state index >= 15 is 0 Å². The van der Waals surface area contributed by atoms with Gasteiger partial charge in [0.15, 0.2) is 0 Å². The number of allylic oxidation sites excluding steroid dienone is 1. The van der Waals surface area contributed by atoms with E-state index < -0.39 is 0 Å². The van der Waals surface area contributed by atoms with Crippen LogP contribution in [0.4, 0.5) is 0 Å². The van der Waals surface area contributed by atoms with E-state index in [0.717, 1.165) is 25.3 Å². The van der Waals surface area contributed by atoms with Gasteiger partial charge in [0.2, 0.25) is 0 Å². The topological polar surface area (TPSA) is 21.3 Å². The van der Waals surface area contributed by atoms with E-state index in [1.54, 1.807) is 0 Å². The van der Waals surface area contributed by atoms with Crippen molar-refractivity contribution in [2.45, 2.75) is 33.7 Å². The van der Waals surface area contributed by atoms with Crippen LogP contribution < -0.4 is 10.1 Å². The Bertz CT molecular complexity index is 612. The van der Waals surface area contributed by atoms with Gasteiger partial charge in [-0.05, 0) is 49.7 Å². The fraction of sp³-hybridized carbons (Fsp3) is 0.368. The molecule has 2 rings (SSSR count).